The lowest BCUT2D eigenvalue weighted by Crippen LogP contribution is -2.30. The average Bonchev–Trinajstić information content (AvgIpc) is 2.93. The van der Waals surface area contributed by atoms with E-state index < -0.39 is 38.8 Å². The molecule has 2 heterocycles. The van der Waals surface area contributed by atoms with Crippen molar-refractivity contribution in [1.82, 2.24) is 9.47 Å². The zero-order valence-corrected chi connectivity index (χ0v) is 16.0. The largest absolute Gasteiger partial charge is 0.534 e. The van der Waals surface area contributed by atoms with Crippen molar-refractivity contribution in [3.05, 3.63) is 40.8 Å². The second-order valence-corrected chi connectivity index (χ2v) is 7.93. The van der Waals surface area contributed by atoms with Gasteiger partial charge in [-0.15, -0.1) is 0 Å². The fourth-order valence-electron chi connectivity index (χ4n) is 3.06. The first-order chi connectivity index (χ1) is 12.8. The lowest BCUT2D eigenvalue weighted by Gasteiger charge is -2.10. The summed E-state index contributed by atoms with van der Waals surface area (Å²) in [7, 11) is -3.42. The van der Waals surface area contributed by atoms with Crippen molar-refractivity contribution >= 4 is 38.4 Å². The Kier molecular flexibility index (Phi) is 4.34. The van der Waals surface area contributed by atoms with E-state index in [1.54, 1.807) is 36.7 Å². The van der Waals surface area contributed by atoms with E-state index in [0.717, 1.165) is 12.6 Å². The van der Waals surface area contributed by atoms with E-state index in [1.165, 1.54) is 0 Å². The molecule has 28 heavy (non-hydrogen) atoms. The van der Waals surface area contributed by atoms with Crippen LogP contribution in [0.25, 0.3) is 16.5 Å². The van der Waals surface area contributed by atoms with E-state index in [9.17, 15) is 31.2 Å². The topological polar surface area (TPSA) is 85.7 Å². The number of fused-ring (bicyclic) bond motifs is 1. The Morgan fingerprint density at radius 1 is 1.04 bits per heavy atom. The summed E-state index contributed by atoms with van der Waals surface area (Å²) in [6.07, 6.45) is 0. The molecule has 1 aliphatic heterocycles. The van der Waals surface area contributed by atoms with Crippen LogP contribution < -0.4 is 0 Å². The Bertz CT molecular complexity index is 1180. The number of carbonyl (C=O) groups excluding carboxylic acids is 2. The summed E-state index contributed by atoms with van der Waals surface area (Å²) in [5, 5.41) is 0.475. The van der Waals surface area contributed by atoms with E-state index in [-0.39, 0.29) is 5.56 Å². The van der Waals surface area contributed by atoms with Gasteiger partial charge in [0.05, 0.1) is 5.57 Å². The molecule has 0 radical (unpaired) electrons. The van der Waals surface area contributed by atoms with Crippen molar-refractivity contribution in [1.29, 1.82) is 0 Å². The maximum absolute atomic E-state index is 12.8. The number of aromatic nitrogens is 1. The summed E-state index contributed by atoms with van der Waals surface area (Å²) >= 11 is 0. The van der Waals surface area contributed by atoms with Gasteiger partial charge in [-0.1, -0.05) is 12.1 Å². The van der Waals surface area contributed by atoms with Gasteiger partial charge < -0.3 is 8.75 Å². The minimum atomic E-state index is -6.13. The summed E-state index contributed by atoms with van der Waals surface area (Å²) < 4.78 is 67.1. The third kappa shape index (κ3) is 2.77. The minimum Gasteiger partial charge on any atom is -0.369 e. The van der Waals surface area contributed by atoms with Crippen molar-refractivity contribution in [2.45, 2.75) is 19.4 Å². The maximum Gasteiger partial charge on any atom is 0.534 e. The highest BCUT2D eigenvalue weighted by Crippen LogP contribution is 2.39. The van der Waals surface area contributed by atoms with Crippen molar-refractivity contribution in [3.63, 3.8) is 0 Å². The molecule has 0 fully saturated rings. The fraction of sp³-hybridized carbons (Fsp3) is 0.294. The summed E-state index contributed by atoms with van der Waals surface area (Å²) in [6, 6.07) is 5.17. The number of hydrogen-bond donors (Lipinski definition) is 0. The molecule has 7 nitrogen and oxygen atoms in total. The molecule has 11 heteroatoms. The van der Waals surface area contributed by atoms with Gasteiger partial charge in [-0.2, -0.15) is 21.6 Å². The molecule has 150 valence electrons. The number of hydrogen-bond acceptors (Lipinski definition) is 5. The quantitative estimate of drug-likeness (QED) is 0.436. The van der Waals surface area contributed by atoms with Crippen LogP contribution >= 0.6 is 0 Å². The lowest BCUT2D eigenvalue weighted by atomic mass is 10.0. The Balaban J connectivity index is 2.35. The number of aryl methyl sites for hydroxylation is 2. The average molecular weight is 416 g/mol. The van der Waals surface area contributed by atoms with E-state index in [1.807, 2.05) is 6.92 Å². The molecule has 0 unspecified atom stereocenters. The molecule has 0 atom stereocenters. The first kappa shape index (κ1) is 19.9. The normalized spacial score (nSPS) is 15.9. The SMILES string of the molecule is Cc1ccc2c(C3=C(OS(=O)(=O)C(F)(F)F)C(=O)N(C)C3=O)c(C)n(C)c2c1. The number of imide groups is 1. The number of carbonyl (C=O) groups is 2. The summed E-state index contributed by atoms with van der Waals surface area (Å²) in [6.45, 7) is 3.44. The molecular formula is C17H15F3N2O5S. The third-order valence-corrected chi connectivity index (χ3v) is 5.57. The maximum atomic E-state index is 12.8. The number of rotatable bonds is 3. The zero-order chi connectivity index (χ0) is 21.2. The number of likely N-dealkylation sites (N-methyl/N-ethyl adjacent to an activating group) is 1. The van der Waals surface area contributed by atoms with Crippen LogP contribution in [-0.2, 0) is 30.9 Å². The summed E-state index contributed by atoms with van der Waals surface area (Å²) in [5.41, 5.74) is -4.11. The first-order valence-electron chi connectivity index (χ1n) is 7.91. The van der Waals surface area contributed by atoms with Crippen molar-refractivity contribution in [2.24, 2.45) is 7.05 Å². The van der Waals surface area contributed by atoms with Gasteiger partial charge >= 0.3 is 15.6 Å². The van der Waals surface area contributed by atoms with Crippen molar-refractivity contribution < 1.29 is 35.4 Å². The van der Waals surface area contributed by atoms with E-state index >= 15 is 0 Å². The van der Waals surface area contributed by atoms with Gasteiger partial charge in [0.1, 0.15) is 0 Å². The smallest absolute Gasteiger partial charge is 0.369 e. The van der Waals surface area contributed by atoms with Crippen LogP contribution in [0.4, 0.5) is 13.2 Å². The van der Waals surface area contributed by atoms with E-state index in [2.05, 4.69) is 4.18 Å². The van der Waals surface area contributed by atoms with Gasteiger partial charge in [0, 0.05) is 36.3 Å². The van der Waals surface area contributed by atoms with Crippen LogP contribution in [0.5, 0.6) is 0 Å². The fourth-order valence-corrected chi connectivity index (χ4v) is 3.53. The van der Waals surface area contributed by atoms with Crippen LogP contribution in [0, 0.1) is 13.8 Å². The molecule has 0 saturated heterocycles. The Morgan fingerprint density at radius 2 is 1.64 bits per heavy atom. The van der Waals surface area contributed by atoms with Gasteiger partial charge in [-0.3, -0.25) is 14.5 Å². The molecular weight excluding hydrogens is 401 g/mol. The molecule has 1 aromatic carbocycles. The molecule has 1 aromatic heterocycles. The number of alkyl halides is 3. The Morgan fingerprint density at radius 3 is 2.21 bits per heavy atom. The van der Waals surface area contributed by atoms with Gasteiger partial charge in [0.2, 0.25) is 5.76 Å². The first-order valence-corrected chi connectivity index (χ1v) is 9.32. The molecule has 0 saturated carbocycles. The second-order valence-electron chi connectivity index (χ2n) is 6.40. The molecule has 1 aliphatic rings. The number of amides is 2. The Labute approximate surface area is 158 Å². The van der Waals surface area contributed by atoms with Crippen LogP contribution in [0.3, 0.4) is 0 Å². The van der Waals surface area contributed by atoms with E-state index in [4.69, 9.17) is 0 Å². The number of nitrogens with zero attached hydrogens (tertiary/aromatic N) is 2. The highest BCUT2D eigenvalue weighted by atomic mass is 32.2. The van der Waals surface area contributed by atoms with Gasteiger partial charge in [0.15, 0.2) is 0 Å². The highest BCUT2D eigenvalue weighted by Gasteiger charge is 2.52. The number of halogens is 3. The summed E-state index contributed by atoms with van der Waals surface area (Å²) in [5.74, 6) is -3.38. The molecule has 2 amide bonds. The molecule has 0 aliphatic carbocycles. The highest BCUT2D eigenvalue weighted by molar-refractivity contribution is 7.87. The predicted octanol–water partition coefficient (Wildman–Crippen LogP) is 2.37. The van der Waals surface area contributed by atoms with Crippen LogP contribution in [-0.4, -0.2) is 42.3 Å². The van der Waals surface area contributed by atoms with Crippen LogP contribution in [0.15, 0.2) is 24.0 Å². The van der Waals surface area contributed by atoms with Crippen molar-refractivity contribution in [2.75, 3.05) is 7.05 Å². The van der Waals surface area contributed by atoms with Crippen molar-refractivity contribution in [3.8, 4) is 0 Å². The Hall–Kier alpha value is -2.82. The zero-order valence-electron chi connectivity index (χ0n) is 15.2. The van der Waals surface area contributed by atoms with Gasteiger partial charge in [0.25, 0.3) is 11.8 Å². The van der Waals surface area contributed by atoms with Crippen LogP contribution in [0.2, 0.25) is 0 Å². The third-order valence-electron chi connectivity index (χ3n) is 4.62. The molecule has 0 N–H and O–H groups in total. The minimum absolute atomic E-state index is 0.146. The van der Waals surface area contributed by atoms with Gasteiger partial charge in [-0.05, 0) is 25.5 Å². The molecule has 0 spiro atoms. The molecule has 0 bridgehead atoms. The summed E-state index contributed by atoms with van der Waals surface area (Å²) in [4.78, 5) is 25.4. The second kappa shape index (κ2) is 6.09. The lowest BCUT2D eigenvalue weighted by molar-refractivity contribution is -0.136. The molecule has 2 aromatic rings. The standard InChI is InChI=1S/C17H15F3N2O5S/c1-8-5-6-10-11(7-8)21(3)9(2)12(10)13-14(16(24)22(4)15(13)23)27-28(25,26)17(18,19)20/h5-7H,1-4H3. The predicted molar refractivity (Wildman–Crippen MR) is 93.1 cm³/mol. The monoisotopic (exact) mass is 416 g/mol. The molecule has 3 rings (SSSR count). The van der Waals surface area contributed by atoms with Crippen LogP contribution in [0.1, 0.15) is 16.8 Å². The van der Waals surface area contributed by atoms with E-state index in [0.29, 0.717) is 21.5 Å². The number of benzene rings is 1. The van der Waals surface area contributed by atoms with Gasteiger partial charge in [-0.25, -0.2) is 0 Å².